The number of para-hydroxylation sites is 1. The van der Waals surface area contributed by atoms with Gasteiger partial charge in [0, 0.05) is 5.56 Å². The van der Waals surface area contributed by atoms with Gasteiger partial charge >= 0.3 is 0 Å². The molecule has 5 heteroatoms. The van der Waals surface area contributed by atoms with E-state index in [2.05, 4.69) is 29.4 Å². The van der Waals surface area contributed by atoms with Crippen molar-refractivity contribution in [2.45, 2.75) is 20.3 Å². The predicted octanol–water partition coefficient (Wildman–Crippen LogP) is 4.10. The van der Waals surface area contributed by atoms with E-state index in [4.69, 9.17) is 4.74 Å². The molecule has 0 aliphatic heterocycles. The summed E-state index contributed by atoms with van der Waals surface area (Å²) in [7, 11) is 1.61. The molecule has 1 heterocycles. The third-order valence-electron chi connectivity index (χ3n) is 3.73. The topological polar surface area (TPSA) is 51.2 Å². The number of thiazole rings is 1. The maximum atomic E-state index is 12.3. The van der Waals surface area contributed by atoms with Gasteiger partial charge in [0.15, 0.2) is 5.13 Å². The molecule has 3 rings (SSSR count). The number of anilines is 1. The fourth-order valence-electron chi connectivity index (χ4n) is 2.50. The van der Waals surface area contributed by atoms with E-state index in [1.54, 1.807) is 7.11 Å². The van der Waals surface area contributed by atoms with Gasteiger partial charge in [0.1, 0.15) is 5.75 Å². The van der Waals surface area contributed by atoms with Crippen LogP contribution in [0.25, 0.3) is 10.2 Å². The molecule has 0 spiro atoms. The lowest BCUT2D eigenvalue weighted by Gasteiger charge is -2.07. The Kier molecular flexibility index (Phi) is 4.30. The molecule has 0 bridgehead atoms. The molecule has 23 heavy (non-hydrogen) atoms. The van der Waals surface area contributed by atoms with Crippen LogP contribution >= 0.6 is 11.3 Å². The molecule has 0 unspecified atom stereocenters. The van der Waals surface area contributed by atoms with E-state index in [-0.39, 0.29) is 12.3 Å². The fourth-order valence-corrected chi connectivity index (χ4v) is 3.53. The highest BCUT2D eigenvalue weighted by atomic mass is 32.1. The van der Waals surface area contributed by atoms with Gasteiger partial charge in [0.25, 0.3) is 0 Å². The highest BCUT2D eigenvalue weighted by molar-refractivity contribution is 7.22. The van der Waals surface area contributed by atoms with Crippen molar-refractivity contribution in [3.63, 3.8) is 0 Å². The van der Waals surface area contributed by atoms with E-state index < -0.39 is 0 Å². The van der Waals surface area contributed by atoms with Crippen molar-refractivity contribution < 1.29 is 9.53 Å². The Labute approximate surface area is 139 Å². The number of nitrogens with one attached hydrogen (secondary N) is 1. The molecule has 2 aromatic carbocycles. The number of nitrogens with zero attached hydrogens (tertiary/aromatic N) is 1. The highest BCUT2D eigenvalue weighted by Gasteiger charge is 2.13. The van der Waals surface area contributed by atoms with Gasteiger partial charge in [-0.25, -0.2) is 4.98 Å². The van der Waals surface area contributed by atoms with Crippen LogP contribution in [-0.4, -0.2) is 18.0 Å². The minimum Gasteiger partial charge on any atom is -0.496 e. The summed E-state index contributed by atoms with van der Waals surface area (Å²) in [6.45, 7) is 4.09. The lowest BCUT2D eigenvalue weighted by atomic mass is 10.1. The zero-order valence-corrected chi connectivity index (χ0v) is 14.2. The second-order valence-electron chi connectivity index (χ2n) is 5.43. The summed E-state index contributed by atoms with van der Waals surface area (Å²) in [6, 6.07) is 11.7. The van der Waals surface area contributed by atoms with Crippen molar-refractivity contribution in [3.8, 4) is 5.75 Å². The van der Waals surface area contributed by atoms with E-state index in [0.29, 0.717) is 5.13 Å². The van der Waals surface area contributed by atoms with Gasteiger partial charge in [-0.3, -0.25) is 4.79 Å². The van der Waals surface area contributed by atoms with E-state index in [1.807, 2.05) is 31.2 Å². The molecule has 0 radical (unpaired) electrons. The number of carbonyl (C=O) groups is 1. The maximum Gasteiger partial charge on any atom is 0.230 e. The van der Waals surface area contributed by atoms with Gasteiger partial charge in [-0.05, 0) is 31.0 Å². The number of ether oxygens (including phenoxy) is 1. The van der Waals surface area contributed by atoms with Crippen LogP contribution in [-0.2, 0) is 11.2 Å². The average molecular weight is 326 g/mol. The third-order valence-corrected chi connectivity index (χ3v) is 4.84. The van der Waals surface area contributed by atoms with Gasteiger partial charge < -0.3 is 10.1 Å². The molecule has 0 aliphatic rings. The second kappa shape index (κ2) is 6.38. The molecule has 0 fully saturated rings. The quantitative estimate of drug-likeness (QED) is 0.785. The minimum absolute atomic E-state index is 0.0936. The Morgan fingerprint density at radius 1 is 1.17 bits per heavy atom. The molecule has 118 valence electrons. The molecular weight excluding hydrogens is 308 g/mol. The Morgan fingerprint density at radius 3 is 2.65 bits per heavy atom. The van der Waals surface area contributed by atoms with Crippen LogP contribution in [0.1, 0.15) is 16.7 Å². The summed E-state index contributed by atoms with van der Waals surface area (Å²) in [5.41, 5.74) is 4.11. The van der Waals surface area contributed by atoms with E-state index in [9.17, 15) is 4.79 Å². The largest absolute Gasteiger partial charge is 0.496 e. The van der Waals surface area contributed by atoms with Gasteiger partial charge in [-0.1, -0.05) is 41.7 Å². The number of hydrogen-bond donors (Lipinski definition) is 1. The standard InChI is InChI=1S/C18H18N2O2S/c1-11-8-9-12(2)17-16(11)20-18(23-17)19-15(21)10-13-6-4-5-7-14(13)22-3/h4-9H,10H2,1-3H3,(H,19,20,21). The SMILES string of the molecule is COc1ccccc1CC(=O)Nc1nc2c(C)ccc(C)c2s1. The number of benzene rings is 2. The third kappa shape index (κ3) is 3.19. The Hall–Kier alpha value is -2.40. The molecule has 3 aromatic rings. The van der Waals surface area contributed by atoms with Gasteiger partial charge in [-0.2, -0.15) is 0 Å². The number of amides is 1. The Morgan fingerprint density at radius 2 is 1.91 bits per heavy atom. The van der Waals surface area contributed by atoms with E-state index >= 15 is 0 Å². The lowest BCUT2D eigenvalue weighted by molar-refractivity contribution is -0.115. The zero-order valence-electron chi connectivity index (χ0n) is 13.3. The lowest BCUT2D eigenvalue weighted by Crippen LogP contribution is -2.14. The summed E-state index contributed by atoms with van der Waals surface area (Å²) in [4.78, 5) is 16.8. The van der Waals surface area contributed by atoms with Crippen LogP contribution in [0.4, 0.5) is 5.13 Å². The second-order valence-corrected chi connectivity index (χ2v) is 6.43. The van der Waals surface area contributed by atoms with Gasteiger partial charge in [0.2, 0.25) is 5.91 Å². The average Bonchev–Trinajstić information content (AvgIpc) is 2.96. The first-order valence-electron chi connectivity index (χ1n) is 7.37. The predicted molar refractivity (Wildman–Crippen MR) is 94.4 cm³/mol. The summed E-state index contributed by atoms with van der Waals surface area (Å²) >= 11 is 1.51. The molecule has 0 saturated heterocycles. The van der Waals surface area contributed by atoms with Crippen molar-refractivity contribution in [2.75, 3.05) is 12.4 Å². The number of hydrogen-bond acceptors (Lipinski definition) is 4. The molecule has 0 aliphatic carbocycles. The molecule has 1 aromatic heterocycles. The summed E-state index contributed by atoms with van der Waals surface area (Å²) in [6.07, 6.45) is 0.262. The molecule has 4 nitrogen and oxygen atoms in total. The normalized spacial score (nSPS) is 10.7. The van der Waals surface area contributed by atoms with Crippen LogP contribution < -0.4 is 10.1 Å². The minimum atomic E-state index is -0.0936. The Balaban J connectivity index is 1.80. The van der Waals surface area contributed by atoms with Crippen molar-refractivity contribution in [1.29, 1.82) is 0 Å². The van der Waals surface area contributed by atoms with Crippen molar-refractivity contribution in [1.82, 2.24) is 4.98 Å². The number of carbonyl (C=O) groups excluding carboxylic acids is 1. The maximum absolute atomic E-state index is 12.3. The molecule has 0 atom stereocenters. The van der Waals surface area contributed by atoms with Crippen molar-refractivity contribution in [3.05, 3.63) is 53.1 Å². The Bertz CT molecular complexity index is 832. The highest BCUT2D eigenvalue weighted by Crippen LogP contribution is 2.31. The number of aromatic nitrogens is 1. The van der Waals surface area contributed by atoms with E-state index in [0.717, 1.165) is 27.1 Å². The van der Waals surface area contributed by atoms with Crippen LogP contribution in [0.3, 0.4) is 0 Å². The zero-order chi connectivity index (χ0) is 16.4. The fraction of sp³-hybridized carbons (Fsp3) is 0.222. The van der Waals surface area contributed by atoms with Gasteiger partial charge in [-0.15, -0.1) is 0 Å². The summed E-state index contributed by atoms with van der Waals surface area (Å²) in [5, 5.41) is 3.53. The number of methoxy groups -OCH3 is 1. The van der Waals surface area contributed by atoms with Crippen LogP contribution in [0.15, 0.2) is 36.4 Å². The van der Waals surface area contributed by atoms with Gasteiger partial charge in [0.05, 0.1) is 23.7 Å². The molecule has 0 saturated carbocycles. The first-order chi connectivity index (χ1) is 11.1. The van der Waals surface area contributed by atoms with Crippen LogP contribution in [0, 0.1) is 13.8 Å². The number of aryl methyl sites for hydroxylation is 2. The number of rotatable bonds is 4. The molecule has 1 N–H and O–H groups in total. The van der Waals surface area contributed by atoms with Crippen molar-refractivity contribution >= 4 is 32.6 Å². The smallest absolute Gasteiger partial charge is 0.230 e. The van der Waals surface area contributed by atoms with Crippen LogP contribution in [0.2, 0.25) is 0 Å². The van der Waals surface area contributed by atoms with E-state index in [1.165, 1.54) is 16.9 Å². The number of fused-ring (bicyclic) bond motifs is 1. The summed E-state index contributed by atoms with van der Waals surface area (Å²) < 4.78 is 6.41. The molecule has 1 amide bonds. The first-order valence-corrected chi connectivity index (χ1v) is 8.18. The summed E-state index contributed by atoms with van der Waals surface area (Å²) in [5.74, 6) is 0.627. The van der Waals surface area contributed by atoms with Crippen molar-refractivity contribution in [2.24, 2.45) is 0 Å². The molecular formula is C18H18N2O2S. The van der Waals surface area contributed by atoms with Crippen LogP contribution in [0.5, 0.6) is 5.75 Å². The first kappa shape index (κ1) is 15.5. The monoisotopic (exact) mass is 326 g/mol.